The number of methoxy groups -OCH3 is 2. The van der Waals surface area contributed by atoms with Crippen molar-refractivity contribution in [3.63, 3.8) is 0 Å². The molecule has 1 heterocycles. The van der Waals surface area contributed by atoms with E-state index in [2.05, 4.69) is 15.6 Å². The monoisotopic (exact) mass is 284 g/mol. The van der Waals surface area contributed by atoms with E-state index in [1.807, 2.05) is 10.8 Å². The number of imidazole rings is 1. The summed E-state index contributed by atoms with van der Waals surface area (Å²) in [6.07, 6.45) is 3.99. The Morgan fingerprint density at radius 2 is 2.05 bits per heavy atom. The number of rotatable bonds is 11. The first kappa shape index (κ1) is 16.6. The number of nitrogens with one attached hydrogen (secondary N) is 2. The fourth-order valence-corrected chi connectivity index (χ4v) is 1.69. The molecule has 0 fully saturated rings. The second-order valence-electron chi connectivity index (χ2n) is 4.34. The summed E-state index contributed by atoms with van der Waals surface area (Å²) in [6, 6.07) is 0. The van der Waals surface area contributed by atoms with Crippen LogP contribution in [0, 0.1) is 0 Å². The second-order valence-corrected chi connectivity index (χ2v) is 4.34. The molecule has 1 amide bonds. The Morgan fingerprint density at radius 3 is 2.80 bits per heavy atom. The number of hydrogen-bond acceptors (Lipinski definition) is 5. The number of ether oxygens (including phenoxy) is 2. The fourth-order valence-electron chi connectivity index (χ4n) is 1.69. The molecule has 0 bridgehead atoms. The molecule has 1 aromatic heterocycles. The zero-order valence-electron chi connectivity index (χ0n) is 12.2. The number of aromatic nitrogens is 2. The Morgan fingerprint density at radius 1 is 1.30 bits per heavy atom. The van der Waals surface area contributed by atoms with E-state index in [-0.39, 0.29) is 5.91 Å². The first-order valence-corrected chi connectivity index (χ1v) is 6.72. The lowest BCUT2D eigenvalue weighted by molar-refractivity contribution is -0.121. The average Bonchev–Trinajstić information content (AvgIpc) is 2.89. The van der Waals surface area contributed by atoms with Gasteiger partial charge in [-0.1, -0.05) is 0 Å². The zero-order chi connectivity index (χ0) is 14.6. The third-order valence-electron chi connectivity index (χ3n) is 2.80. The summed E-state index contributed by atoms with van der Waals surface area (Å²) < 4.78 is 11.8. The largest absolute Gasteiger partial charge is 0.383 e. The van der Waals surface area contributed by atoms with Gasteiger partial charge < -0.3 is 24.7 Å². The van der Waals surface area contributed by atoms with Crippen LogP contribution in [-0.2, 0) is 27.4 Å². The normalized spacial score (nSPS) is 10.7. The van der Waals surface area contributed by atoms with E-state index in [0.29, 0.717) is 39.3 Å². The van der Waals surface area contributed by atoms with Crippen LogP contribution in [-0.4, -0.2) is 56.0 Å². The minimum absolute atomic E-state index is 0.0223. The molecule has 0 saturated carbocycles. The predicted molar refractivity (Wildman–Crippen MR) is 75.3 cm³/mol. The first-order chi connectivity index (χ1) is 9.77. The van der Waals surface area contributed by atoms with Crippen LogP contribution in [0.4, 0.5) is 0 Å². The number of nitrogens with zero attached hydrogens (tertiary/aromatic N) is 2. The van der Waals surface area contributed by atoms with Gasteiger partial charge in [-0.25, -0.2) is 4.98 Å². The van der Waals surface area contributed by atoms with Crippen LogP contribution in [0.2, 0.25) is 0 Å². The summed E-state index contributed by atoms with van der Waals surface area (Å²) in [5.74, 6) is 0.0223. The molecule has 7 heteroatoms. The van der Waals surface area contributed by atoms with Gasteiger partial charge in [-0.15, -0.1) is 0 Å². The highest BCUT2D eigenvalue weighted by Crippen LogP contribution is 2.00. The van der Waals surface area contributed by atoms with Crippen molar-refractivity contribution in [2.24, 2.45) is 0 Å². The Hall–Kier alpha value is -1.44. The summed E-state index contributed by atoms with van der Waals surface area (Å²) in [7, 11) is 3.29. The van der Waals surface area contributed by atoms with E-state index in [9.17, 15) is 4.79 Å². The van der Waals surface area contributed by atoms with Gasteiger partial charge in [0.05, 0.1) is 25.2 Å². The van der Waals surface area contributed by atoms with Gasteiger partial charge in [0.25, 0.3) is 0 Å². The molecule has 114 valence electrons. The van der Waals surface area contributed by atoms with Crippen LogP contribution in [0.25, 0.3) is 0 Å². The topological polar surface area (TPSA) is 77.4 Å². The third kappa shape index (κ3) is 6.65. The Labute approximate surface area is 119 Å². The van der Waals surface area contributed by atoms with Crippen LogP contribution in [0.3, 0.4) is 0 Å². The minimum atomic E-state index is 0.0223. The Bertz CT molecular complexity index is 381. The SMILES string of the molecule is COCCNCc1cncn1CCC(=O)NCCOC. The molecule has 0 aromatic carbocycles. The standard InChI is InChI=1S/C13H24N4O3/c1-19-7-4-14-9-12-10-15-11-17(12)6-3-13(18)16-5-8-20-2/h10-11,14H,3-9H2,1-2H3,(H,16,18). The van der Waals surface area contributed by atoms with E-state index >= 15 is 0 Å². The van der Waals surface area contributed by atoms with Gasteiger partial charge in [-0.3, -0.25) is 4.79 Å². The van der Waals surface area contributed by atoms with Gasteiger partial charge in [0.2, 0.25) is 5.91 Å². The molecule has 0 aliphatic carbocycles. The molecule has 0 unspecified atom stereocenters. The zero-order valence-corrected chi connectivity index (χ0v) is 12.2. The molecule has 7 nitrogen and oxygen atoms in total. The maximum Gasteiger partial charge on any atom is 0.221 e. The van der Waals surface area contributed by atoms with Crippen LogP contribution in [0.1, 0.15) is 12.1 Å². The quantitative estimate of drug-likeness (QED) is 0.549. The fraction of sp³-hybridized carbons (Fsp3) is 0.692. The lowest BCUT2D eigenvalue weighted by Gasteiger charge is -2.09. The molecule has 20 heavy (non-hydrogen) atoms. The second kappa shape index (κ2) is 10.4. The van der Waals surface area contributed by atoms with Crippen LogP contribution in [0.15, 0.2) is 12.5 Å². The lowest BCUT2D eigenvalue weighted by atomic mass is 10.3. The molecule has 0 aliphatic heterocycles. The number of amides is 1. The maximum absolute atomic E-state index is 11.6. The van der Waals surface area contributed by atoms with E-state index < -0.39 is 0 Å². The molecule has 1 rings (SSSR count). The number of carbonyl (C=O) groups is 1. The van der Waals surface area contributed by atoms with Gasteiger partial charge >= 0.3 is 0 Å². The molecule has 0 spiro atoms. The van der Waals surface area contributed by atoms with Crippen molar-refractivity contribution < 1.29 is 14.3 Å². The molecule has 0 radical (unpaired) electrons. The van der Waals surface area contributed by atoms with Crippen molar-refractivity contribution >= 4 is 5.91 Å². The highest BCUT2D eigenvalue weighted by atomic mass is 16.5. The summed E-state index contributed by atoms with van der Waals surface area (Å²) in [6.45, 7) is 3.89. The summed E-state index contributed by atoms with van der Waals surface area (Å²) >= 11 is 0. The van der Waals surface area contributed by atoms with Gasteiger partial charge in [0.15, 0.2) is 0 Å². The van der Waals surface area contributed by atoms with E-state index in [1.165, 1.54) is 0 Å². The third-order valence-corrected chi connectivity index (χ3v) is 2.80. The molecule has 0 atom stereocenters. The van der Waals surface area contributed by atoms with Crippen molar-refractivity contribution in [2.75, 3.05) is 40.5 Å². The van der Waals surface area contributed by atoms with Gasteiger partial charge in [0, 0.05) is 53.0 Å². The molecule has 0 aliphatic rings. The van der Waals surface area contributed by atoms with Gasteiger partial charge in [0.1, 0.15) is 0 Å². The van der Waals surface area contributed by atoms with E-state index in [1.54, 1.807) is 20.5 Å². The highest BCUT2D eigenvalue weighted by Gasteiger charge is 2.05. The van der Waals surface area contributed by atoms with Crippen molar-refractivity contribution in [1.82, 2.24) is 20.2 Å². The Balaban J connectivity index is 2.26. The van der Waals surface area contributed by atoms with Crippen molar-refractivity contribution in [1.29, 1.82) is 0 Å². The average molecular weight is 284 g/mol. The lowest BCUT2D eigenvalue weighted by Crippen LogP contribution is -2.28. The number of aryl methyl sites for hydroxylation is 1. The predicted octanol–water partition coefficient (Wildman–Crippen LogP) is -0.228. The van der Waals surface area contributed by atoms with Crippen LogP contribution in [0.5, 0.6) is 0 Å². The minimum Gasteiger partial charge on any atom is -0.383 e. The Kier molecular flexibility index (Phi) is 8.61. The summed E-state index contributed by atoms with van der Waals surface area (Å²) in [5, 5.41) is 6.05. The smallest absolute Gasteiger partial charge is 0.221 e. The number of carbonyl (C=O) groups excluding carboxylic acids is 1. The highest BCUT2D eigenvalue weighted by molar-refractivity contribution is 5.75. The van der Waals surface area contributed by atoms with E-state index in [0.717, 1.165) is 12.2 Å². The molecule has 0 saturated heterocycles. The van der Waals surface area contributed by atoms with Crippen molar-refractivity contribution in [3.8, 4) is 0 Å². The summed E-state index contributed by atoms with van der Waals surface area (Å²) in [4.78, 5) is 15.7. The van der Waals surface area contributed by atoms with Gasteiger partial charge in [-0.05, 0) is 0 Å². The van der Waals surface area contributed by atoms with Crippen LogP contribution < -0.4 is 10.6 Å². The first-order valence-electron chi connectivity index (χ1n) is 6.72. The maximum atomic E-state index is 11.6. The number of hydrogen-bond donors (Lipinski definition) is 2. The van der Waals surface area contributed by atoms with Crippen molar-refractivity contribution in [2.45, 2.75) is 19.5 Å². The molecule has 1 aromatic rings. The summed E-state index contributed by atoms with van der Waals surface area (Å²) in [5.41, 5.74) is 1.06. The van der Waals surface area contributed by atoms with E-state index in [4.69, 9.17) is 9.47 Å². The van der Waals surface area contributed by atoms with Crippen molar-refractivity contribution in [3.05, 3.63) is 18.2 Å². The molecule has 2 N–H and O–H groups in total. The van der Waals surface area contributed by atoms with Gasteiger partial charge in [-0.2, -0.15) is 0 Å². The van der Waals surface area contributed by atoms with Crippen LogP contribution >= 0.6 is 0 Å². The molecular formula is C13H24N4O3. The molecular weight excluding hydrogens is 260 g/mol.